The van der Waals surface area contributed by atoms with Gasteiger partial charge in [0.05, 0.1) is 23.3 Å². The van der Waals surface area contributed by atoms with Crippen LogP contribution in [-0.2, 0) is 9.59 Å². The monoisotopic (exact) mass is 428 g/mol. The van der Waals surface area contributed by atoms with E-state index in [2.05, 4.69) is 5.32 Å². The van der Waals surface area contributed by atoms with E-state index in [1.54, 1.807) is 24.3 Å². The van der Waals surface area contributed by atoms with Gasteiger partial charge in [0, 0.05) is 0 Å². The molecular weight excluding hydrogens is 412 g/mol. The molecule has 2 aromatic rings. The maximum atomic E-state index is 12.6. The number of benzene rings is 2. The van der Waals surface area contributed by atoms with Crippen LogP contribution in [0.5, 0.6) is 11.5 Å². The number of nitrogens with zero attached hydrogens (tertiary/aromatic N) is 1. The van der Waals surface area contributed by atoms with Gasteiger partial charge in [0.2, 0.25) is 5.91 Å². The van der Waals surface area contributed by atoms with Gasteiger partial charge in [-0.3, -0.25) is 19.3 Å². The second-order valence-electron chi connectivity index (χ2n) is 6.13. The molecule has 1 aliphatic heterocycles. The van der Waals surface area contributed by atoms with Gasteiger partial charge >= 0.3 is 5.97 Å². The largest absolute Gasteiger partial charge is 0.508 e. The Morgan fingerprint density at radius 2 is 1.97 bits per heavy atom. The molecule has 0 atom stereocenters. The van der Waals surface area contributed by atoms with Gasteiger partial charge in [-0.2, -0.15) is 0 Å². The Kier molecular flexibility index (Phi) is 6.07. The molecule has 1 fully saturated rings. The average molecular weight is 428 g/mol. The maximum Gasteiger partial charge on any atom is 0.337 e. The molecule has 10 heteroatoms. The van der Waals surface area contributed by atoms with E-state index in [0.29, 0.717) is 23.1 Å². The first kappa shape index (κ1) is 20.9. The highest BCUT2D eigenvalue weighted by molar-refractivity contribution is 8.18. The fourth-order valence-corrected chi connectivity index (χ4v) is 3.51. The number of hydrogen-bond acceptors (Lipinski definition) is 7. The van der Waals surface area contributed by atoms with E-state index < -0.39 is 29.6 Å². The molecular formula is C20H16N2O7S. The summed E-state index contributed by atoms with van der Waals surface area (Å²) < 4.78 is 5.12. The molecule has 0 saturated carbocycles. The van der Waals surface area contributed by atoms with Crippen molar-refractivity contribution in [1.82, 2.24) is 4.90 Å². The number of phenols is 1. The second-order valence-corrected chi connectivity index (χ2v) is 7.12. The van der Waals surface area contributed by atoms with E-state index in [-0.39, 0.29) is 21.9 Å². The van der Waals surface area contributed by atoms with Crippen LogP contribution < -0.4 is 10.1 Å². The minimum absolute atomic E-state index is 0.0656. The zero-order chi connectivity index (χ0) is 21.8. The lowest BCUT2D eigenvalue weighted by Gasteiger charge is -2.13. The van der Waals surface area contributed by atoms with E-state index in [1.165, 1.54) is 25.3 Å². The molecule has 9 nitrogen and oxygen atoms in total. The summed E-state index contributed by atoms with van der Waals surface area (Å²) in [6.07, 6.45) is 1.52. The third-order valence-corrected chi connectivity index (χ3v) is 4.98. The Bertz CT molecular complexity index is 1080. The van der Waals surface area contributed by atoms with Crippen molar-refractivity contribution >= 4 is 46.5 Å². The molecule has 0 bridgehead atoms. The summed E-state index contributed by atoms with van der Waals surface area (Å²) in [4.78, 5) is 49.3. The molecule has 3 N–H and O–H groups in total. The van der Waals surface area contributed by atoms with Gasteiger partial charge in [0.1, 0.15) is 18.0 Å². The lowest BCUT2D eigenvalue weighted by atomic mass is 10.1. The number of carboxylic acids is 1. The molecule has 3 amide bonds. The molecule has 1 saturated heterocycles. The first-order chi connectivity index (χ1) is 14.3. The Hall–Kier alpha value is -3.79. The number of carbonyl (C=O) groups excluding carboxylic acids is 3. The number of methoxy groups -OCH3 is 1. The van der Waals surface area contributed by atoms with Crippen molar-refractivity contribution in [2.45, 2.75) is 0 Å². The van der Waals surface area contributed by atoms with E-state index in [0.717, 1.165) is 11.0 Å². The second kappa shape index (κ2) is 8.70. The summed E-state index contributed by atoms with van der Waals surface area (Å²) >= 11 is 0.699. The predicted octanol–water partition coefficient (Wildman–Crippen LogP) is 2.77. The van der Waals surface area contributed by atoms with Gasteiger partial charge < -0.3 is 20.3 Å². The first-order valence-electron chi connectivity index (χ1n) is 8.54. The van der Waals surface area contributed by atoms with Gasteiger partial charge in [0.25, 0.3) is 11.1 Å². The standard InChI is InChI=1S/C20H16N2O7S/c1-29-13-4-2-3-11(7-13)8-16-18(25)22(20(28)30-16)10-17(24)21-15-6-5-12(23)9-14(15)19(26)27/h2-9,23H,10H2,1H3,(H,21,24)(H,26,27)/b16-8-. The molecule has 154 valence electrons. The van der Waals surface area contributed by atoms with Crippen LogP contribution >= 0.6 is 11.8 Å². The number of hydrogen-bond donors (Lipinski definition) is 3. The number of phenolic OH excluding ortho intramolecular Hbond substituents is 1. The van der Waals surface area contributed by atoms with Gasteiger partial charge in [-0.05, 0) is 53.7 Å². The molecule has 0 unspecified atom stereocenters. The topological polar surface area (TPSA) is 133 Å². The van der Waals surface area contributed by atoms with Crippen molar-refractivity contribution in [2.24, 2.45) is 0 Å². The average Bonchev–Trinajstić information content (AvgIpc) is 2.96. The number of imide groups is 1. The van der Waals surface area contributed by atoms with Crippen molar-refractivity contribution in [2.75, 3.05) is 19.0 Å². The first-order valence-corrected chi connectivity index (χ1v) is 9.35. The number of carbonyl (C=O) groups is 4. The maximum absolute atomic E-state index is 12.6. The number of nitrogens with one attached hydrogen (secondary N) is 1. The fourth-order valence-electron chi connectivity index (χ4n) is 2.67. The Morgan fingerprint density at radius 3 is 2.67 bits per heavy atom. The van der Waals surface area contributed by atoms with Crippen LogP contribution in [0.1, 0.15) is 15.9 Å². The number of aromatic hydroxyl groups is 1. The van der Waals surface area contributed by atoms with Gasteiger partial charge in [0.15, 0.2) is 0 Å². The molecule has 0 radical (unpaired) electrons. The number of carboxylic acid groups (broad SMARTS) is 1. The fraction of sp³-hybridized carbons (Fsp3) is 0.100. The highest BCUT2D eigenvalue weighted by atomic mass is 32.2. The van der Waals surface area contributed by atoms with Gasteiger partial charge in [-0.25, -0.2) is 4.79 Å². The SMILES string of the molecule is COc1cccc(/C=C2\SC(=O)N(CC(=O)Nc3ccc(O)cc3C(=O)O)C2=O)c1. The van der Waals surface area contributed by atoms with Crippen LogP contribution in [-0.4, -0.2) is 51.8 Å². The summed E-state index contributed by atoms with van der Waals surface area (Å²) in [6, 6.07) is 10.3. The lowest BCUT2D eigenvalue weighted by Crippen LogP contribution is -2.36. The highest BCUT2D eigenvalue weighted by Gasteiger charge is 2.36. The Labute approximate surface area is 174 Å². The number of ether oxygens (including phenoxy) is 1. The van der Waals surface area contributed by atoms with Crippen LogP contribution in [0.4, 0.5) is 10.5 Å². The van der Waals surface area contributed by atoms with Gasteiger partial charge in [-0.1, -0.05) is 12.1 Å². The molecule has 30 heavy (non-hydrogen) atoms. The van der Waals surface area contributed by atoms with Crippen molar-refractivity contribution in [3.8, 4) is 11.5 Å². The normalized spacial score (nSPS) is 14.8. The van der Waals surface area contributed by atoms with Crippen LogP contribution in [0.3, 0.4) is 0 Å². The number of aromatic carboxylic acids is 1. The third-order valence-electron chi connectivity index (χ3n) is 4.07. The quantitative estimate of drug-likeness (QED) is 0.472. The summed E-state index contributed by atoms with van der Waals surface area (Å²) in [6.45, 7) is -0.583. The van der Waals surface area contributed by atoms with E-state index in [9.17, 15) is 29.4 Å². The van der Waals surface area contributed by atoms with E-state index >= 15 is 0 Å². The van der Waals surface area contributed by atoms with Crippen molar-refractivity contribution in [1.29, 1.82) is 0 Å². The van der Waals surface area contributed by atoms with E-state index in [1.807, 2.05) is 0 Å². The highest BCUT2D eigenvalue weighted by Crippen LogP contribution is 2.32. The third kappa shape index (κ3) is 4.61. The molecule has 1 heterocycles. The molecule has 3 rings (SSSR count). The van der Waals surface area contributed by atoms with Crippen LogP contribution in [0, 0.1) is 0 Å². The minimum Gasteiger partial charge on any atom is -0.508 e. The number of amides is 3. The zero-order valence-electron chi connectivity index (χ0n) is 15.6. The Morgan fingerprint density at radius 1 is 1.20 bits per heavy atom. The van der Waals surface area contributed by atoms with E-state index in [4.69, 9.17) is 4.74 Å². The molecule has 0 aromatic heterocycles. The molecule has 1 aliphatic rings. The van der Waals surface area contributed by atoms with Crippen molar-refractivity contribution in [3.05, 3.63) is 58.5 Å². The summed E-state index contributed by atoms with van der Waals surface area (Å²) in [7, 11) is 1.51. The molecule has 2 aromatic carbocycles. The number of anilines is 1. The summed E-state index contributed by atoms with van der Waals surface area (Å²) in [5.41, 5.74) is 0.263. The summed E-state index contributed by atoms with van der Waals surface area (Å²) in [5, 5.41) is 20.3. The smallest absolute Gasteiger partial charge is 0.337 e. The summed E-state index contributed by atoms with van der Waals surface area (Å²) in [5.74, 6) is -2.43. The van der Waals surface area contributed by atoms with Gasteiger partial charge in [-0.15, -0.1) is 0 Å². The van der Waals surface area contributed by atoms with Crippen LogP contribution in [0.2, 0.25) is 0 Å². The van der Waals surface area contributed by atoms with Crippen molar-refractivity contribution in [3.63, 3.8) is 0 Å². The Balaban J connectivity index is 1.73. The van der Waals surface area contributed by atoms with Crippen LogP contribution in [0.15, 0.2) is 47.4 Å². The minimum atomic E-state index is -1.35. The number of thioether (sulfide) groups is 1. The molecule has 0 aliphatic carbocycles. The van der Waals surface area contributed by atoms with Crippen LogP contribution in [0.25, 0.3) is 6.08 Å². The zero-order valence-corrected chi connectivity index (χ0v) is 16.4. The lowest BCUT2D eigenvalue weighted by molar-refractivity contribution is -0.127. The molecule has 0 spiro atoms. The predicted molar refractivity (Wildman–Crippen MR) is 109 cm³/mol. The van der Waals surface area contributed by atoms with Crippen molar-refractivity contribution < 1.29 is 34.1 Å². The number of rotatable bonds is 6.